The van der Waals surface area contributed by atoms with Gasteiger partial charge in [-0.1, -0.05) is 45.8 Å². The van der Waals surface area contributed by atoms with Crippen molar-refractivity contribution in [2.75, 3.05) is 0 Å². The van der Waals surface area contributed by atoms with E-state index in [4.69, 9.17) is 4.18 Å². The molecule has 8 heteroatoms. The summed E-state index contributed by atoms with van der Waals surface area (Å²) in [4.78, 5) is 7.60. The Labute approximate surface area is 188 Å². The number of nitrogens with one attached hydrogen (secondary N) is 1. The minimum Gasteiger partial charge on any atom is -0.378 e. The summed E-state index contributed by atoms with van der Waals surface area (Å²) in [6, 6.07) is 20.8. The molecule has 0 saturated heterocycles. The Hall–Kier alpha value is -3.41. The standard InChI is InChI=1S/C23H16BrN3O3S/c1-15-6-9-19(10-7-15)31(28,29)30-22-11-8-18(24)13-16(22)12-17(14-25)23-26-20-4-2-3-5-21(20)27-23/h2-13H,1H3,(H,26,27)/b17-12+. The number of H-pyrrole nitrogens is 1. The summed E-state index contributed by atoms with van der Waals surface area (Å²) < 4.78 is 31.6. The maximum absolute atomic E-state index is 12.8. The minimum absolute atomic E-state index is 0.0498. The zero-order valence-electron chi connectivity index (χ0n) is 16.3. The number of fused-ring (bicyclic) bond motifs is 1. The summed E-state index contributed by atoms with van der Waals surface area (Å²) in [6.45, 7) is 1.87. The van der Waals surface area contributed by atoms with Crippen molar-refractivity contribution in [1.29, 1.82) is 5.26 Å². The number of hydrogen-bond acceptors (Lipinski definition) is 5. The molecule has 0 atom stereocenters. The molecule has 6 nitrogen and oxygen atoms in total. The van der Waals surface area contributed by atoms with E-state index in [1.54, 1.807) is 30.3 Å². The summed E-state index contributed by atoms with van der Waals surface area (Å²) in [7, 11) is -4.04. The van der Waals surface area contributed by atoms with Crippen molar-refractivity contribution in [3.05, 3.63) is 88.2 Å². The molecule has 0 aliphatic rings. The molecular formula is C23H16BrN3O3S. The van der Waals surface area contributed by atoms with Crippen molar-refractivity contribution in [2.45, 2.75) is 11.8 Å². The third-order valence-electron chi connectivity index (χ3n) is 4.55. The van der Waals surface area contributed by atoms with Gasteiger partial charge in [-0.25, -0.2) is 4.98 Å². The maximum atomic E-state index is 12.8. The second-order valence-corrected chi connectivity index (χ2v) is 9.27. The Morgan fingerprint density at radius 1 is 1.13 bits per heavy atom. The number of benzene rings is 3. The molecule has 0 radical (unpaired) electrons. The predicted octanol–water partition coefficient (Wildman–Crippen LogP) is 5.47. The summed E-state index contributed by atoms with van der Waals surface area (Å²) >= 11 is 3.38. The highest BCUT2D eigenvalue weighted by atomic mass is 79.9. The Morgan fingerprint density at radius 2 is 1.87 bits per heavy atom. The number of rotatable bonds is 5. The largest absolute Gasteiger partial charge is 0.378 e. The first kappa shape index (κ1) is 20.8. The first-order valence-corrected chi connectivity index (χ1v) is 11.4. The molecule has 31 heavy (non-hydrogen) atoms. The molecule has 1 aromatic heterocycles. The normalized spacial score (nSPS) is 12.0. The van der Waals surface area contributed by atoms with Gasteiger partial charge in [-0.15, -0.1) is 0 Å². The van der Waals surface area contributed by atoms with E-state index in [1.807, 2.05) is 31.2 Å². The lowest BCUT2D eigenvalue weighted by molar-refractivity contribution is 0.485. The smallest absolute Gasteiger partial charge is 0.339 e. The van der Waals surface area contributed by atoms with Gasteiger partial charge < -0.3 is 9.17 Å². The molecule has 3 aromatic carbocycles. The van der Waals surface area contributed by atoms with Crippen LogP contribution in [0.2, 0.25) is 0 Å². The molecule has 4 rings (SSSR count). The maximum Gasteiger partial charge on any atom is 0.339 e. The first-order valence-electron chi connectivity index (χ1n) is 9.23. The van der Waals surface area contributed by atoms with Crippen LogP contribution < -0.4 is 4.18 Å². The van der Waals surface area contributed by atoms with Crippen LogP contribution >= 0.6 is 15.9 Å². The first-order chi connectivity index (χ1) is 14.9. The Morgan fingerprint density at radius 3 is 2.58 bits per heavy atom. The second kappa shape index (κ2) is 8.38. The topological polar surface area (TPSA) is 95.8 Å². The molecule has 0 fully saturated rings. The summed E-state index contributed by atoms with van der Waals surface area (Å²) in [6.07, 6.45) is 1.54. The molecule has 4 aromatic rings. The molecule has 154 valence electrons. The zero-order valence-corrected chi connectivity index (χ0v) is 18.7. The quantitative estimate of drug-likeness (QED) is 0.293. The molecule has 0 aliphatic heterocycles. The van der Waals surface area contributed by atoms with E-state index in [-0.39, 0.29) is 16.2 Å². The fourth-order valence-corrected chi connectivity index (χ4v) is 4.30. The Balaban J connectivity index is 1.75. The zero-order chi connectivity index (χ0) is 22.0. The van der Waals surface area contributed by atoms with Gasteiger partial charge in [0.05, 0.1) is 16.6 Å². The molecule has 0 amide bonds. The fraction of sp³-hybridized carbons (Fsp3) is 0.0435. The number of hydrogen-bond donors (Lipinski definition) is 1. The average molecular weight is 494 g/mol. The predicted molar refractivity (Wildman–Crippen MR) is 123 cm³/mol. The lowest BCUT2D eigenvalue weighted by atomic mass is 10.1. The summed E-state index contributed by atoms with van der Waals surface area (Å²) in [5, 5.41) is 9.71. The lowest BCUT2D eigenvalue weighted by Gasteiger charge is -2.10. The van der Waals surface area contributed by atoms with Crippen molar-refractivity contribution in [3.8, 4) is 11.8 Å². The van der Waals surface area contributed by atoms with Crippen molar-refractivity contribution in [1.82, 2.24) is 9.97 Å². The van der Waals surface area contributed by atoms with Crippen LogP contribution in [0.5, 0.6) is 5.75 Å². The van der Waals surface area contributed by atoms with Gasteiger partial charge in [-0.3, -0.25) is 0 Å². The van der Waals surface area contributed by atoms with E-state index in [1.165, 1.54) is 18.2 Å². The Kier molecular flexibility index (Phi) is 5.63. The second-order valence-electron chi connectivity index (χ2n) is 6.81. The van der Waals surface area contributed by atoms with Gasteiger partial charge in [0.1, 0.15) is 22.5 Å². The minimum atomic E-state index is -4.04. The Bertz CT molecular complexity index is 1420. The summed E-state index contributed by atoms with van der Waals surface area (Å²) in [5.41, 5.74) is 3.13. The van der Waals surface area contributed by atoms with E-state index in [2.05, 4.69) is 32.0 Å². The third kappa shape index (κ3) is 4.53. The van der Waals surface area contributed by atoms with E-state index in [0.717, 1.165) is 16.6 Å². The number of aryl methyl sites for hydroxylation is 1. The van der Waals surface area contributed by atoms with Gasteiger partial charge in [0, 0.05) is 10.0 Å². The van der Waals surface area contributed by atoms with E-state index < -0.39 is 10.1 Å². The van der Waals surface area contributed by atoms with Gasteiger partial charge in [0.2, 0.25) is 0 Å². The number of halogens is 1. The van der Waals surface area contributed by atoms with Crippen LogP contribution in [0.4, 0.5) is 0 Å². The molecule has 0 unspecified atom stereocenters. The van der Waals surface area contributed by atoms with Crippen molar-refractivity contribution in [2.24, 2.45) is 0 Å². The van der Waals surface area contributed by atoms with Gasteiger partial charge in [-0.05, 0) is 55.5 Å². The van der Waals surface area contributed by atoms with Gasteiger partial charge in [0.25, 0.3) is 0 Å². The summed E-state index contributed by atoms with van der Waals surface area (Å²) in [5.74, 6) is 0.489. The number of aromatic nitrogens is 2. The van der Waals surface area contributed by atoms with Crippen LogP contribution in [0, 0.1) is 18.3 Å². The van der Waals surface area contributed by atoms with Crippen molar-refractivity contribution in [3.63, 3.8) is 0 Å². The molecule has 1 heterocycles. The molecule has 0 aliphatic carbocycles. The molecule has 0 bridgehead atoms. The average Bonchev–Trinajstić information content (AvgIpc) is 3.18. The highest BCUT2D eigenvalue weighted by molar-refractivity contribution is 9.10. The van der Waals surface area contributed by atoms with Crippen LogP contribution in [-0.4, -0.2) is 18.4 Å². The fourth-order valence-electron chi connectivity index (χ4n) is 2.97. The number of imidazole rings is 1. The van der Waals surface area contributed by atoms with Crippen molar-refractivity contribution < 1.29 is 12.6 Å². The number of allylic oxidation sites excluding steroid dienone is 1. The van der Waals surface area contributed by atoms with Crippen LogP contribution in [0.15, 0.2) is 76.1 Å². The van der Waals surface area contributed by atoms with Crippen LogP contribution in [0.3, 0.4) is 0 Å². The SMILES string of the molecule is Cc1ccc(S(=O)(=O)Oc2ccc(Br)cc2/C=C(\C#N)c2nc3ccccc3[nH]2)cc1. The van der Waals surface area contributed by atoms with Gasteiger partial charge in [0.15, 0.2) is 0 Å². The number of nitriles is 1. The molecular weight excluding hydrogens is 478 g/mol. The van der Waals surface area contributed by atoms with Crippen LogP contribution in [0.1, 0.15) is 17.0 Å². The number of aromatic amines is 1. The van der Waals surface area contributed by atoms with Gasteiger partial charge >= 0.3 is 10.1 Å². The van der Waals surface area contributed by atoms with Crippen LogP contribution in [-0.2, 0) is 10.1 Å². The van der Waals surface area contributed by atoms with Crippen LogP contribution in [0.25, 0.3) is 22.7 Å². The molecule has 0 spiro atoms. The van der Waals surface area contributed by atoms with Gasteiger partial charge in [-0.2, -0.15) is 13.7 Å². The van der Waals surface area contributed by atoms with E-state index in [9.17, 15) is 13.7 Å². The molecule has 0 saturated carbocycles. The monoisotopic (exact) mass is 493 g/mol. The molecule has 1 N–H and O–H groups in total. The highest BCUT2D eigenvalue weighted by Gasteiger charge is 2.19. The third-order valence-corrected chi connectivity index (χ3v) is 6.29. The van der Waals surface area contributed by atoms with E-state index >= 15 is 0 Å². The van der Waals surface area contributed by atoms with Crippen molar-refractivity contribution >= 4 is 48.7 Å². The number of nitrogens with zero attached hydrogens (tertiary/aromatic N) is 2. The highest BCUT2D eigenvalue weighted by Crippen LogP contribution is 2.30. The number of para-hydroxylation sites is 2. The van der Waals surface area contributed by atoms with E-state index in [0.29, 0.717) is 15.9 Å². The lowest BCUT2D eigenvalue weighted by Crippen LogP contribution is -2.10.